The third kappa shape index (κ3) is 2.36. The topological polar surface area (TPSA) is 0 Å². The molecule has 0 N–H and O–H groups in total. The van der Waals surface area contributed by atoms with Crippen molar-refractivity contribution < 1.29 is 0 Å². The first-order valence-corrected chi connectivity index (χ1v) is 4.47. The second-order valence-electron chi connectivity index (χ2n) is 2.79. The van der Waals surface area contributed by atoms with Crippen LogP contribution < -0.4 is 0 Å². The Bertz CT molecular complexity index is 179. The van der Waals surface area contributed by atoms with Gasteiger partial charge in [0.15, 0.2) is 0 Å². The average molecular weight is 149 g/mol. The molecule has 0 amide bonds. The SMILES string of the molecule is CC([SiH2])Cc1ccccc1. The second kappa shape index (κ2) is 3.57. The van der Waals surface area contributed by atoms with E-state index in [0.29, 0.717) is 0 Å². The summed E-state index contributed by atoms with van der Waals surface area (Å²) >= 11 is 0. The molecule has 1 rings (SSSR count). The van der Waals surface area contributed by atoms with Crippen LogP contribution in [0.2, 0.25) is 5.54 Å². The molecular weight excluding hydrogens is 136 g/mol. The Balaban J connectivity index is 2.59. The van der Waals surface area contributed by atoms with Crippen LogP contribution in [0, 0.1) is 0 Å². The Hall–Kier alpha value is -0.563. The van der Waals surface area contributed by atoms with Crippen molar-refractivity contribution in [2.45, 2.75) is 18.9 Å². The Morgan fingerprint density at radius 3 is 2.40 bits per heavy atom. The van der Waals surface area contributed by atoms with Gasteiger partial charge >= 0.3 is 0 Å². The summed E-state index contributed by atoms with van der Waals surface area (Å²) in [5.41, 5.74) is 2.24. The molecule has 10 heavy (non-hydrogen) atoms. The van der Waals surface area contributed by atoms with Gasteiger partial charge in [0, 0.05) is 10.2 Å². The normalized spacial score (nSPS) is 13.0. The van der Waals surface area contributed by atoms with Crippen molar-refractivity contribution in [3.8, 4) is 0 Å². The fourth-order valence-corrected chi connectivity index (χ4v) is 1.35. The molecule has 0 fully saturated rings. The molecule has 53 valence electrons. The van der Waals surface area contributed by atoms with Gasteiger partial charge in [0.25, 0.3) is 0 Å². The van der Waals surface area contributed by atoms with Gasteiger partial charge in [-0.1, -0.05) is 42.8 Å². The molecule has 1 aromatic carbocycles. The van der Waals surface area contributed by atoms with Crippen LogP contribution in [-0.2, 0) is 6.42 Å². The van der Waals surface area contributed by atoms with Gasteiger partial charge in [0.2, 0.25) is 0 Å². The molecule has 0 spiro atoms. The van der Waals surface area contributed by atoms with E-state index in [9.17, 15) is 0 Å². The third-order valence-corrected chi connectivity index (χ3v) is 1.72. The molecule has 1 unspecified atom stereocenters. The largest absolute Gasteiger partial charge is 0.0654 e. The lowest BCUT2D eigenvalue weighted by Gasteiger charge is -2.02. The van der Waals surface area contributed by atoms with Crippen LogP contribution in [0.1, 0.15) is 12.5 Å². The van der Waals surface area contributed by atoms with Gasteiger partial charge in [-0.15, -0.1) is 0 Å². The van der Waals surface area contributed by atoms with Gasteiger partial charge in [-0.2, -0.15) is 0 Å². The summed E-state index contributed by atoms with van der Waals surface area (Å²) in [5.74, 6) is 0. The first-order valence-electron chi connectivity index (χ1n) is 3.66. The van der Waals surface area contributed by atoms with Crippen LogP contribution in [-0.4, -0.2) is 10.2 Å². The number of benzene rings is 1. The zero-order valence-electron chi connectivity index (χ0n) is 6.38. The Labute approximate surface area is 65.7 Å². The summed E-state index contributed by atoms with van der Waals surface area (Å²) in [5, 5.41) is 0. The van der Waals surface area contributed by atoms with E-state index in [1.807, 2.05) is 0 Å². The Morgan fingerprint density at radius 2 is 1.90 bits per heavy atom. The summed E-state index contributed by atoms with van der Waals surface area (Å²) in [7, 11) is 2.06. The molecular formula is C9H13Si. The molecule has 1 atom stereocenters. The molecule has 0 aliphatic heterocycles. The standard InChI is InChI=1S/C9H13Si/c1-8(10)7-9-5-3-2-4-6-9/h2-6,8H,7,10H2,1H3. The lowest BCUT2D eigenvalue weighted by Crippen LogP contribution is -1.90. The highest BCUT2D eigenvalue weighted by Gasteiger charge is 1.94. The molecule has 1 aromatic rings. The van der Waals surface area contributed by atoms with Crippen LogP contribution in [0.5, 0.6) is 0 Å². The Kier molecular flexibility index (Phi) is 2.69. The highest BCUT2D eigenvalue weighted by Crippen LogP contribution is 2.08. The smallest absolute Gasteiger partial charge is 0.0122 e. The summed E-state index contributed by atoms with van der Waals surface area (Å²) < 4.78 is 0. The first-order chi connectivity index (χ1) is 4.79. The number of hydrogen-bond donors (Lipinski definition) is 0. The molecule has 0 heterocycles. The molecule has 0 aliphatic carbocycles. The maximum atomic E-state index is 2.26. The van der Waals surface area contributed by atoms with Crippen LogP contribution in [0.4, 0.5) is 0 Å². The van der Waals surface area contributed by atoms with Gasteiger partial charge in [-0.25, -0.2) is 0 Å². The van der Waals surface area contributed by atoms with Crippen molar-refractivity contribution >= 4 is 10.2 Å². The minimum absolute atomic E-state index is 0.794. The molecule has 1 radical (unpaired) electrons. The van der Waals surface area contributed by atoms with Gasteiger partial charge in [0.1, 0.15) is 0 Å². The minimum Gasteiger partial charge on any atom is -0.0654 e. The number of rotatable bonds is 2. The van der Waals surface area contributed by atoms with E-state index in [4.69, 9.17) is 0 Å². The van der Waals surface area contributed by atoms with Crippen molar-refractivity contribution in [3.05, 3.63) is 35.9 Å². The van der Waals surface area contributed by atoms with Crippen molar-refractivity contribution in [3.63, 3.8) is 0 Å². The predicted molar refractivity (Wildman–Crippen MR) is 48.1 cm³/mol. The lowest BCUT2D eigenvalue weighted by molar-refractivity contribution is 0.916. The maximum absolute atomic E-state index is 2.26. The predicted octanol–water partition coefficient (Wildman–Crippen LogP) is 1.67. The van der Waals surface area contributed by atoms with Crippen LogP contribution >= 0.6 is 0 Å². The van der Waals surface area contributed by atoms with Crippen LogP contribution in [0.15, 0.2) is 30.3 Å². The Morgan fingerprint density at radius 1 is 1.30 bits per heavy atom. The fourth-order valence-electron chi connectivity index (χ4n) is 1.02. The molecule has 0 saturated carbocycles. The average Bonchev–Trinajstić information content (AvgIpc) is 1.88. The summed E-state index contributed by atoms with van der Waals surface area (Å²) in [4.78, 5) is 0. The van der Waals surface area contributed by atoms with E-state index in [1.165, 1.54) is 12.0 Å². The lowest BCUT2D eigenvalue weighted by atomic mass is 10.1. The van der Waals surface area contributed by atoms with Gasteiger partial charge in [-0.05, 0) is 12.0 Å². The van der Waals surface area contributed by atoms with E-state index in [1.54, 1.807) is 0 Å². The van der Waals surface area contributed by atoms with E-state index >= 15 is 0 Å². The second-order valence-corrected chi connectivity index (χ2v) is 4.19. The van der Waals surface area contributed by atoms with Crippen molar-refractivity contribution in [1.29, 1.82) is 0 Å². The summed E-state index contributed by atoms with van der Waals surface area (Å²) in [6.45, 7) is 2.26. The van der Waals surface area contributed by atoms with E-state index in [-0.39, 0.29) is 0 Å². The van der Waals surface area contributed by atoms with Gasteiger partial charge in [0.05, 0.1) is 0 Å². The molecule has 0 aliphatic rings. The fraction of sp³-hybridized carbons (Fsp3) is 0.333. The quantitative estimate of drug-likeness (QED) is 0.561. The molecule has 0 saturated heterocycles. The zero-order valence-corrected chi connectivity index (χ0v) is 7.79. The molecule has 0 aromatic heterocycles. The molecule has 1 heteroatoms. The van der Waals surface area contributed by atoms with E-state index in [2.05, 4.69) is 47.5 Å². The summed E-state index contributed by atoms with van der Waals surface area (Å²) in [6.07, 6.45) is 1.21. The van der Waals surface area contributed by atoms with E-state index < -0.39 is 0 Å². The third-order valence-electron chi connectivity index (χ3n) is 1.43. The minimum atomic E-state index is 0.794. The summed E-state index contributed by atoms with van der Waals surface area (Å²) in [6, 6.07) is 10.6. The van der Waals surface area contributed by atoms with E-state index in [0.717, 1.165) is 5.54 Å². The van der Waals surface area contributed by atoms with Crippen molar-refractivity contribution in [2.24, 2.45) is 0 Å². The number of hydrogen-bond acceptors (Lipinski definition) is 0. The van der Waals surface area contributed by atoms with Gasteiger partial charge < -0.3 is 0 Å². The van der Waals surface area contributed by atoms with Crippen LogP contribution in [0.25, 0.3) is 0 Å². The highest BCUT2D eigenvalue weighted by molar-refractivity contribution is 6.11. The van der Waals surface area contributed by atoms with Gasteiger partial charge in [-0.3, -0.25) is 0 Å². The van der Waals surface area contributed by atoms with Crippen LogP contribution in [0.3, 0.4) is 0 Å². The highest BCUT2D eigenvalue weighted by atomic mass is 28.1. The maximum Gasteiger partial charge on any atom is 0.0122 e. The van der Waals surface area contributed by atoms with Crippen molar-refractivity contribution in [1.82, 2.24) is 0 Å². The zero-order chi connectivity index (χ0) is 7.40. The first kappa shape index (κ1) is 7.54. The molecule has 0 bridgehead atoms. The monoisotopic (exact) mass is 149 g/mol. The van der Waals surface area contributed by atoms with Crippen molar-refractivity contribution in [2.75, 3.05) is 0 Å². The molecule has 0 nitrogen and oxygen atoms in total.